The van der Waals surface area contributed by atoms with Crippen LogP contribution >= 0.6 is 0 Å². The smallest absolute Gasteiger partial charge is 0.340 e. The Morgan fingerprint density at radius 1 is 1.47 bits per heavy atom. The number of benzene rings is 1. The van der Waals surface area contributed by atoms with E-state index in [4.69, 9.17) is 5.73 Å². The van der Waals surface area contributed by atoms with Crippen molar-refractivity contribution < 1.29 is 9.53 Å². The van der Waals surface area contributed by atoms with Crippen LogP contribution in [-0.2, 0) is 4.74 Å². The van der Waals surface area contributed by atoms with Gasteiger partial charge in [0, 0.05) is 6.20 Å². The maximum Gasteiger partial charge on any atom is 0.340 e. The van der Waals surface area contributed by atoms with Gasteiger partial charge in [0.2, 0.25) is 0 Å². The third-order valence-electron chi connectivity index (χ3n) is 2.45. The molecule has 0 bridgehead atoms. The van der Waals surface area contributed by atoms with E-state index in [1.54, 1.807) is 29.1 Å². The van der Waals surface area contributed by atoms with E-state index < -0.39 is 5.97 Å². The first kappa shape index (κ1) is 11.2. The minimum Gasteiger partial charge on any atom is -0.465 e. The number of esters is 1. The molecule has 0 fully saturated rings. The number of hydrogen-bond acceptors (Lipinski definition) is 4. The van der Waals surface area contributed by atoms with Gasteiger partial charge >= 0.3 is 5.97 Å². The second kappa shape index (κ2) is 4.29. The Kier molecular flexibility index (Phi) is 2.82. The van der Waals surface area contributed by atoms with Gasteiger partial charge < -0.3 is 10.5 Å². The van der Waals surface area contributed by atoms with Crippen molar-refractivity contribution in [2.45, 2.75) is 6.92 Å². The molecule has 88 valence electrons. The summed E-state index contributed by atoms with van der Waals surface area (Å²) in [4.78, 5) is 11.5. The van der Waals surface area contributed by atoms with Gasteiger partial charge in [-0.2, -0.15) is 5.10 Å². The van der Waals surface area contributed by atoms with Crippen molar-refractivity contribution in [3.8, 4) is 5.69 Å². The van der Waals surface area contributed by atoms with Gasteiger partial charge in [-0.1, -0.05) is 6.07 Å². The van der Waals surface area contributed by atoms with Gasteiger partial charge in [0.15, 0.2) is 0 Å². The highest BCUT2D eigenvalue weighted by atomic mass is 16.5. The number of para-hydroxylation sites is 1. The zero-order valence-corrected chi connectivity index (χ0v) is 9.68. The van der Waals surface area contributed by atoms with Crippen LogP contribution in [0.1, 0.15) is 15.9 Å². The van der Waals surface area contributed by atoms with E-state index >= 15 is 0 Å². The minimum atomic E-state index is -0.451. The number of carbonyl (C=O) groups excluding carboxylic acids is 1. The number of nitrogens with zero attached hydrogens (tertiary/aromatic N) is 2. The van der Waals surface area contributed by atoms with Crippen LogP contribution in [0.2, 0.25) is 0 Å². The Morgan fingerprint density at radius 3 is 2.82 bits per heavy atom. The molecule has 0 aliphatic carbocycles. The van der Waals surface area contributed by atoms with Crippen LogP contribution < -0.4 is 5.73 Å². The van der Waals surface area contributed by atoms with Crippen LogP contribution in [0.5, 0.6) is 0 Å². The van der Waals surface area contributed by atoms with Crippen molar-refractivity contribution in [2.24, 2.45) is 0 Å². The molecule has 1 heterocycles. The van der Waals surface area contributed by atoms with Crippen LogP contribution in [0.25, 0.3) is 5.69 Å². The summed E-state index contributed by atoms with van der Waals surface area (Å²) in [5.41, 5.74) is 8.34. The standard InChI is InChI=1S/C12H13N3O2/c1-8-6-14-15(7-8)10-5-3-4-9(11(10)13)12(16)17-2/h3-7H,13H2,1-2H3. The highest BCUT2D eigenvalue weighted by molar-refractivity contribution is 5.97. The lowest BCUT2D eigenvalue weighted by Gasteiger charge is -2.09. The fraction of sp³-hybridized carbons (Fsp3) is 0.167. The molecule has 0 amide bonds. The number of nitrogens with two attached hydrogens (primary N) is 1. The molecular formula is C12H13N3O2. The summed E-state index contributed by atoms with van der Waals surface area (Å²) < 4.78 is 6.30. The van der Waals surface area contributed by atoms with E-state index in [2.05, 4.69) is 9.84 Å². The number of aryl methyl sites for hydroxylation is 1. The molecule has 0 radical (unpaired) electrons. The fourth-order valence-electron chi connectivity index (χ4n) is 1.59. The molecule has 1 aromatic heterocycles. The van der Waals surface area contributed by atoms with Gasteiger partial charge in [-0.15, -0.1) is 0 Å². The average molecular weight is 231 g/mol. The lowest BCUT2D eigenvalue weighted by atomic mass is 10.1. The summed E-state index contributed by atoms with van der Waals surface area (Å²) in [6.07, 6.45) is 3.57. The first-order valence-electron chi connectivity index (χ1n) is 5.12. The molecule has 5 nitrogen and oxygen atoms in total. The fourth-order valence-corrected chi connectivity index (χ4v) is 1.59. The van der Waals surface area contributed by atoms with Gasteiger partial charge in [-0.05, 0) is 24.6 Å². The molecule has 2 aromatic rings. The minimum absolute atomic E-state index is 0.346. The SMILES string of the molecule is COC(=O)c1cccc(-n2cc(C)cn2)c1N. The number of methoxy groups -OCH3 is 1. The van der Waals surface area contributed by atoms with Gasteiger partial charge in [-0.25, -0.2) is 9.48 Å². The molecule has 0 aliphatic rings. The Morgan fingerprint density at radius 2 is 2.24 bits per heavy atom. The van der Waals surface area contributed by atoms with Crippen LogP contribution in [0, 0.1) is 6.92 Å². The molecule has 1 aromatic carbocycles. The number of rotatable bonds is 2. The normalized spacial score (nSPS) is 10.2. The second-order valence-electron chi connectivity index (χ2n) is 3.69. The summed E-state index contributed by atoms with van der Waals surface area (Å²) >= 11 is 0. The predicted octanol–water partition coefficient (Wildman–Crippen LogP) is 1.55. The van der Waals surface area contributed by atoms with Crippen molar-refractivity contribution >= 4 is 11.7 Å². The van der Waals surface area contributed by atoms with E-state index in [0.29, 0.717) is 16.9 Å². The van der Waals surface area contributed by atoms with E-state index in [0.717, 1.165) is 5.56 Å². The number of ether oxygens (including phenoxy) is 1. The zero-order valence-electron chi connectivity index (χ0n) is 9.68. The van der Waals surface area contributed by atoms with Gasteiger partial charge in [0.25, 0.3) is 0 Å². The number of anilines is 1. The third kappa shape index (κ3) is 1.99. The molecule has 0 aliphatic heterocycles. The highest BCUT2D eigenvalue weighted by Crippen LogP contribution is 2.21. The highest BCUT2D eigenvalue weighted by Gasteiger charge is 2.13. The van der Waals surface area contributed by atoms with Crippen LogP contribution in [0.3, 0.4) is 0 Å². The van der Waals surface area contributed by atoms with Crippen LogP contribution in [0.4, 0.5) is 5.69 Å². The van der Waals surface area contributed by atoms with E-state index in [9.17, 15) is 4.79 Å². The molecule has 5 heteroatoms. The van der Waals surface area contributed by atoms with Crippen molar-refractivity contribution in [1.82, 2.24) is 9.78 Å². The van der Waals surface area contributed by atoms with Gasteiger partial charge in [-0.3, -0.25) is 0 Å². The number of carbonyl (C=O) groups is 1. The molecule has 0 saturated carbocycles. The van der Waals surface area contributed by atoms with E-state index in [-0.39, 0.29) is 0 Å². The summed E-state index contributed by atoms with van der Waals surface area (Å²) in [5.74, 6) is -0.451. The van der Waals surface area contributed by atoms with Gasteiger partial charge in [0.1, 0.15) is 0 Å². The first-order valence-corrected chi connectivity index (χ1v) is 5.12. The van der Waals surface area contributed by atoms with Crippen molar-refractivity contribution in [3.05, 3.63) is 41.7 Å². The number of hydrogen-bond donors (Lipinski definition) is 1. The summed E-state index contributed by atoms with van der Waals surface area (Å²) in [7, 11) is 1.33. The predicted molar refractivity (Wildman–Crippen MR) is 64.1 cm³/mol. The molecule has 2 N–H and O–H groups in total. The molecule has 2 rings (SSSR count). The topological polar surface area (TPSA) is 70.1 Å². The van der Waals surface area contributed by atoms with Crippen molar-refractivity contribution in [3.63, 3.8) is 0 Å². The van der Waals surface area contributed by atoms with Crippen molar-refractivity contribution in [1.29, 1.82) is 0 Å². The maximum absolute atomic E-state index is 11.5. The lowest BCUT2D eigenvalue weighted by Crippen LogP contribution is -2.09. The average Bonchev–Trinajstić information content (AvgIpc) is 2.75. The largest absolute Gasteiger partial charge is 0.465 e. The van der Waals surface area contributed by atoms with E-state index in [1.165, 1.54) is 7.11 Å². The molecule has 0 unspecified atom stereocenters. The lowest BCUT2D eigenvalue weighted by molar-refractivity contribution is 0.0602. The first-order chi connectivity index (χ1) is 8.13. The quantitative estimate of drug-likeness (QED) is 0.628. The Hall–Kier alpha value is -2.30. The molecule has 17 heavy (non-hydrogen) atoms. The molecular weight excluding hydrogens is 218 g/mol. The number of nitrogen functional groups attached to an aromatic ring is 1. The Balaban J connectivity index is 2.53. The summed E-state index contributed by atoms with van der Waals surface area (Å²) in [6, 6.07) is 5.17. The molecule has 0 spiro atoms. The summed E-state index contributed by atoms with van der Waals surface area (Å²) in [5, 5.41) is 4.16. The van der Waals surface area contributed by atoms with Gasteiger partial charge in [0.05, 0.1) is 30.2 Å². The monoisotopic (exact) mass is 231 g/mol. The maximum atomic E-state index is 11.5. The summed E-state index contributed by atoms with van der Waals surface area (Å²) in [6.45, 7) is 1.93. The van der Waals surface area contributed by atoms with Crippen molar-refractivity contribution in [2.75, 3.05) is 12.8 Å². The van der Waals surface area contributed by atoms with Crippen LogP contribution in [0.15, 0.2) is 30.6 Å². The zero-order chi connectivity index (χ0) is 12.4. The molecule has 0 atom stereocenters. The second-order valence-corrected chi connectivity index (χ2v) is 3.69. The molecule has 0 saturated heterocycles. The Bertz CT molecular complexity index is 561. The number of aromatic nitrogens is 2. The Labute approximate surface area is 98.8 Å². The van der Waals surface area contributed by atoms with E-state index in [1.807, 2.05) is 13.1 Å². The van der Waals surface area contributed by atoms with Crippen LogP contribution in [-0.4, -0.2) is 22.9 Å². The third-order valence-corrected chi connectivity index (χ3v) is 2.45.